The summed E-state index contributed by atoms with van der Waals surface area (Å²) in [6, 6.07) is 8.36. The summed E-state index contributed by atoms with van der Waals surface area (Å²) in [5.74, 6) is 0.0564. The van der Waals surface area contributed by atoms with E-state index in [1.807, 2.05) is 0 Å². The van der Waals surface area contributed by atoms with Crippen LogP contribution in [0.2, 0.25) is 0 Å². The molecule has 1 heterocycles. The SMILES string of the molecule is CCc1ccc(CNc2cncc(C(=O)OC)n2)cc1. The molecule has 0 radical (unpaired) electrons. The van der Waals surface area contributed by atoms with E-state index in [1.54, 1.807) is 6.20 Å². The van der Waals surface area contributed by atoms with Crippen LogP contribution in [-0.4, -0.2) is 23.0 Å². The summed E-state index contributed by atoms with van der Waals surface area (Å²) >= 11 is 0. The Hall–Kier alpha value is -2.43. The predicted octanol–water partition coefficient (Wildman–Crippen LogP) is 2.44. The summed E-state index contributed by atoms with van der Waals surface area (Å²) in [6.07, 6.45) is 3.99. The molecule has 0 aliphatic carbocycles. The molecule has 0 aliphatic rings. The molecule has 20 heavy (non-hydrogen) atoms. The van der Waals surface area contributed by atoms with Crippen molar-refractivity contribution in [3.8, 4) is 0 Å². The first-order chi connectivity index (χ1) is 9.72. The molecule has 1 aromatic carbocycles. The van der Waals surface area contributed by atoms with Crippen molar-refractivity contribution in [1.29, 1.82) is 0 Å². The highest BCUT2D eigenvalue weighted by atomic mass is 16.5. The lowest BCUT2D eigenvalue weighted by atomic mass is 10.1. The van der Waals surface area contributed by atoms with Gasteiger partial charge in [0.25, 0.3) is 0 Å². The van der Waals surface area contributed by atoms with Crippen LogP contribution >= 0.6 is 0 Å². The van der Waals surface area contributed by atoms with Gasteiger partial charge in [0.05, 0.1) is 19.5 Å². The Morgan fingerprint density at radius 3 is 2.55 bits per heavy atom. The third-order valence-electron chi connectivity index (χ3n) is 2.93. The van der Waals surface area contributed by atoms with Gasteiger partial charge in [-0.1, -0.05) is 31.2 Å². The third kappa shape index (κ3) is 3.54. The second-order valence-corrected chi connectivity index (χ2v) is 4.30. The van der Waals surface area contributed by atoms with E-state index < -0.39 is 5.97 Å². The van der Waals surface area contributed by atoms with Gasteiger partial charge in [-0.05, 0) is 17.5 Å². The van der Waals surface area contributed by atoms with Gasteiger partial charge in [0.1, 0.15) is 5.82 Å². The monoisotopic (exact) mass is 271 g/mol. The second kappa shape index (κ2) is 6.65. The zero-order valence-electron chi connectivity index (χ0n) is 11.6. The molecule has 2 aromatic rings. The highest BCUT2D eigenvalue weighted by molar-refractivity contribution is 5.87. The molecule has 5 heteroatoms. The van der Waals surface area contributed by atoms with Gasteiger partial charge in [0, 0.05) is 6.54 Å². The van der Waals surface area contributed by atoms with Crippen LogP contribution in [-0.2, 0) is 17.7 Å². The van der Waals surface area contributed by atoms with E-state index >= 15 is 0 Å². The fourth-order valence-electron chi connectivity index (χ4n) is 1.74. The van der Waals surface area contributed by atoms with Crippen LogP contribution in [0.15, 0.2) is 36.7 Å². The van der Waals surface area contributed by atoms with Gasteiger partial charge in [-0.15, -0.1) is 0 Å². The van der Waals surface area contributed by atoms with Gasteiger partial charge in [-0.3, -0.25) is 4.98 Å². The molecule has 5 nitrogen and oxygen atoms in total. The Labute approximate surface area is 118 Å². The molecule has 0 fully saturated rings. The van der Waals surface area contributed by atoms with E-state index in [9.17, 15) is 4.79 Å². The molecule has 0 saturated carbocycles. The molecule has 0 saturated heterocycles. The molecule has 104 valence electrons. The fourth-order valence-corrected chi connectivity index (χ4v) is 1.74. The lowest BCUT2D eigenvalue weighted by Crippen LogP contribution is -2.08. The minimum atomic E-state index is -0.492. The molecule has 0 unspecified atom stereocenters. The molecular formula is C15H17N3O2. The van der Waals surface area contributed by atoms with Crippen LogP contribution in [0.25, 0.3) is 0 Å². The van der Waals surface area contributed by atoms with Crippen LogP contribution in [0.1, 0.15) is 28.5 Å². The van der Waals surface area contributed by atoms with E-state index in [2.05, 4.69) is 51.2 Å². The highest BCUT2D eigenvalue weighted by Crippen LogP contribution is 2.08. The maximum atomic E-state index is 11.4. The van der Waals surface area contributed by atoms with E-state index in [0.717, 1.165) is 12.0 Å². The summed E-state index contributed by atoms with van der Waals surface area (Å²) in [6.45, 7) is 2.75. The van der Waals surface area contributed by atoms with E-state index in [-0.39, 0.29) is 5.69 Å². The van der Waals surface area contributed by atoms with Crippen LogP contribution in [0.4, 0.5) is 5.82 Å². The molecule has 0 atom stereocenters. The number of hydrogen-bond acceptors (Lipinski definition) is 5. The quantitative estimate of drug-likeness (QED) is 0.846. The molecule has 0 amide bonds. The number of carbonyl (C=O) groups excluding carboxylic acids is 1. The Balaban J connectivity index is 2.01. The molecule has 0 spiro atoms. The van der Waals surface area contributed by atoms with Crippen molar-refractivity contribution in [3.05, 3.63) is 53.5 Å². The van der Waals surface area contributed by atoms with Gasteiger partial charge >= 0.3 is 5.97 Å². The molecule has 0 aliphatic heterocycles. The fraction of sp³-hybridized carbons (Fsp3) is 0.267. The van der Waals surface area contributed by atoms with Gasteiger partial charge in [0.15, 0.2) is 5.69 Å². The first kappa shape index (κ1) is 14.0. The molecule has 0 bridgehead atoms. The number of aryl methyl sites for hydroxylation is 1. The summed E-state index contributed by atoms with van der Waals surface area (Å²) in [4.78, 5) is 19.5. The minimum Gasteiger partial charge on any atom is -0.464 e. The highest BCUT2D eigenvalue weighted by Gasteiger charge is 2.08. The lowest BCUT2D eigenvalue weighted by molar-refractivity contribution is 0.0593. The average molecular weight is 271 g/mol. The number of rotatable bonds is 5. The van der Waals surface area contributed by atoms with Crippen LogP contribution in [0.3, 0.4) is 0 Å². The third-order valence-corrected chi connectivity index (χ3v) is 2.93. The van der Waals surface area contributed by atoms with Gasteiger partial charge in [-0.2, -0.15) is 0 Å². The van der Waals surface area contributed by atoms with Crippen molar-refractivity contribution in [2.75, 3.05) is 12.4 Å². The Morgan fingerprint density at radius 2 is 1.90 bits per heavy atom. The summed E-state index contributed by atoms with van der Waals surface area (Å²) in [7, 11) is 1.32. The van der Waals surface area contributed by atoms with E-state index in [0.29, 0.717) is 12.4 Å². The average Bonchev–Trinajstić information content (AvgIpc) is 2.53. The molecule has 1 aromatic heterocycles. The summed E-state index contributed by atoms with van der Waals surface area (Å²) in [5.41, 5.74) is 2.65. The smallest absolute Gasteiger partial charge is 0.358 e. The van der Waals surface area contributed by atoms with E-state index in [1.165, 1.54) is 18.9 Å². The van der Waals surface area contributed by atoms with Crippen LogP contribution in [0, 0.1) is 0 Å². The number of anilines is 1. The number of carbonyl (C=O) groups is 1. The van der Waals surface area contributed by atoms with Crippen molar-refractivity contribution in [2.45, 2.75) is 19.9 Å². The zero-order valence-corrected chi connectivity index (χ0v) is 11.6. The zero-order chi connectivity index (χ0) is 14.4. The predicted molar refractivity (Wildman–Crippen MR) is 76.5 cm³/mol. The number of aromatic nitrogens is 2. The van der Waals surface area contributed by atoms with Crippen molar-refractivity contribution < 1.29 is 9.53 Å². The molecular weight excluding hydrogens is 254 g/mol. The van der Waals surface area contributed by atoms with E-state index in [4.69, 9.17) is 0 Å². The van der Waals surface area contributed by atoms with Crippen molar-refractivity contribution >= 4 is 11.8 Å². The number of methoxy groups -OCH3 is 1. The Morgan fingerprint density at radius 1 is 1.20 bits per heavy atom. The lowest BCUT2D eigenvalue weighted by Gasteiger charge is -2.07. The standard InChI is InChI=1S/C15H17N3O2/c1-3-11-4-6-12(7-5-11)8-17-14-10-16-9-13(18-14)15(19)20-2/h4-7,9-10H,3,8H2,1-2H3,(H,17,18). The first-order valence-electron chi connectivity index (χ1n) is 6.45. The first-order valence-corrected chi connectivity index (χ1v) is 6.45. The van der Waals surface area contributed by atoms with Gasteiger partial charge in [0.2, 0.25) is 0 Å². The Bertz CT molecular complexity index is 582. The number of nitrogens with one attached hydrogen (secondary N) is 1. The second-order valence-electron chi connectivity index (χ2n) is 4.30. The topological polar surface area (TPSA) is 64.1 Å². The van der Waals surface area contributed by atoms with Gasteiger partial charge < -0.3 is 10.1 Å². The number of benzene rings is 1. The van der Waals surface area contributed by atoms with Gasteiger partial charge in [-0.25, -0.2) is 9.78 Å². The summed E-state index contributed by atoms with van der Waals surface area (Å²) < 4.78 is 4.61. The number of hydrogen-bond donors (Lipinski definition) is 1. The summed E-state index contributed by atoms with van der Waals surface area (Å²) in [5, 5.41) is 3.14. The minimum absolute atomic E-state index is 0.193. The van der Waals surface area contributed by atoms with Crippen molar-refractivity contribution in [3.63, 3.8) is 0 Å². The van der Waals surface area contributed by atoms with Crippen molar-refractivity contribution in [1.82, 2.24) is 9.97 Å². The number of ether oxygens (including phenoxy) is 1. The Kier molecular flexibility index (Phi) is 4.65. The normalized spacial score (nSPS) is 10.1. The molecule has 1 N–H and O–H groups in total. The maximum Gasteiger partial charge on any atom is 0.358 e. The van der Waals surface area contributed by atoms with Crippen LogP contribution < -0.4 is 5.32 Å². The van der Waals surface area contributed by atoms with Crippen LogP contribution in [0.5, 0.6) is 0 Å². The van der Waals surface area contributed by atoms with Crippen molar-refractivity contribution in [2.24, 2.45) is 0 Å². The number of esters is 1. The largest absolute Gasteiger partial charge is 0.464 e. The maximum absolute atomic E-state index is 11.4. The number of nitrogens with zero attached hydrogens (tertiary/aromatic N) is 2. The molecule has 2 rings (SSSR count).